The van der Waals surface area contributed by atoms with Crippen LogP contribution in [0, 0.1) is 5.92 Å². The molecule has 1 saturated carbocycles. The van der Waals surface area contributed by atoms with Crippen molar-refractivity contribution in [2.75, 3.05) is 0 Å². The van der Waals surface area contributed by atoms with E-state index in [4.69, 9.17) is 5.73 Å². The molecule has 1 aliphatic carbocycles. The van der Waals surface area contributed by atoms with E-state index in [0.29, 0.717) is 6.42 Å². The Hall–Kier alpha value is -1.09. The van der Waals surface area contributed by atoms with Gasteiger partial charge in [-0.25, -0.2) is 0 Å². The largest absolute Gasteiger partial charge is 0.357 e. The van der Waals surface area contributed by atoms with Crippen molar-refractivity contribution in [2.24, 2.45) is 18.7 Å². The molecule has 1 atom stereocenters. The number of Topliss-reactive ketones (excluding diaryl/α,β-unsaturated/α-hetero) is 1. The third-order valence-electron chi connectivity index (χ3n) is 2.69. The SMILES string of the molecule is Cn1ccc(CC(N)C(=O)C2CC2)c1. The molecule has 0 bridgehead atoms. The summed E-state index contributed by atoms with van der Waals surface area (Å²) < 4.78 is 1.98. The van der Waals surface area contributed by atoms with Gasteiger partial charge in [0.15, 0.2) is 5.78 Å². The van der Waals surface area contributed by atoms with E-state index in [2.05, 4.69) is 0 Å². The van der Waals surface area contributed by atoms with Crippen LogP contribution < -0.4 is 5.73 Å². The van der Waals surface area contributed by atoms with Gasteiger partial charge in [0.1, 0.15) is 0 Å². The van der Waals surface area contributed by atoms with Crippen LogP contribution in [0.1, 0.15) is 18.4 Å². The van der Waals surface area contributed by atoms with Gasteiger partial charge in [-0.05, 0) is 30.9 Å². The molecule has 1 unspecified atom stereocenters. The highest BCUT2D eigenvalue weighted by Gasteiger charge is 2.32. The molecule has 3 heteroatoms. The highest BCUT2D eigenvalue weighted by Crippen LogP contribution is 2.30. The number of nitrogens with zero attached hydrogens (tertiary/aromatic N) is 1. The van der Waals surface area contributed by atoms with Gasteiger partial charge in [0.2, 0.25) is 0 Å². The standard InChI is InChI=1S/C11H16N2O/c1-13-5-4-8(7-13)6-10(12)11(14)9-2-3-9/h4-5,7,9-10H,2-3,6,12H2,1H3. The maximum absolute atomic E-state index is 11.6. The summed E-state index contributed by atoms with van der Waals surface area (Å²) in [6.45, 7) is 0. The van der Waals surface area contributed by atoms with Crippen molar-refractivity contribution in [1.29, 1.82) is 0 Å². The summed E-state index contributed by atoms with van der Waals surface area (Å²) in [5.41, 5.74) is 6.99. The van der Waals surface area contributed by atoms with E-state index in [0.717, 1.165) is 18.4 Å². The maximum atomic E-state index is 11.6. The lowest BCUT2D eigenvalue weighted by molar-refractivity contribution is -0.121. The van der Waals surface area contributed by atoms with Crippen LogP contribution in [0.2, 0.25) is 0 Å². The molecular weight excluding hydrogens is 176 g/mol. The Labute approximate surface area is 83.9 Å². The minimum Gasteiger partial charge on any atom is -0.357 e. The van der Waals surface area contributed by atoms with Crippen molar-refractivity contribution < 1.29 is 4.79 Å². The number of hydrogen-bond donors (Lipinski definition) is 1. The molecule has 76 valence electrons. The fourth-order valence-corrected chi connectivity index (χ4v) is 1.71. The zero-order valence-electron chi connectivity index (χ0n) is 8.44. The van der Waals surface area contributed by atoms with Gasteiger partial charge < -0.3 is 10.3 Å². The molecule has 0 spiro atoms. The topological polar surface area (TPSA) is 48.0 Å². The molecule has 1 heterocycles. The van der Waals surface area contributed by atoms with Crippen LogP contribution in [0.15, 0.2) is 18.5 Å². The molecule has 2 rings (SSSR count). The van der Waals surface area contributed by atoms with Gasteiger partial charge in [-0.3, -0.25) is 4.79 Å². The Balaban J connectivity index is 1.93. The first-order valence-corrected chi connectivity index (χ1v) is 5.07. The first kappa shape index (κ1) is 9.46. The molecule has 0 radical (unpaired) electrons. The van der Waals surface area contributed by atoms with Crippen molar-refractivity contribution >= 4 is 5.78 Å². The molecule has 2 N–H and O–H groups in total. The molecule has 0 saturated heterocycles. The normalized spacial score (nSPS) is 18.1. The molecule has 1 aromatic rings. The Morgan fingerprint density at radius 2 is 2.43 bits per heavy atom. The van der Waals surface area contributed by atoms with Crippen LogP contribution in [0.3, 0.4) is 0 Å². The molecule has 0 amide bonds. The number of nitrogens with two attached hydrogens (primary N) is 1. The van der Waals surface area contributed by atoms with Gasteiger partial charge in [-0.2, -0.15) is 0 Å². The molecule has 3 nitrogen and oxygen atoms in total. The molecule has 14 heavy (non-hydrogen) atoms. The number of rotatable bonds is 4. The molecular formula is C11H16N2O. The van der Waals surface area contributed by atoms with E-state index in [1.807, 2.05) is 30.1 Å². The van der Waals surface area contributed by atoms with E-state index in [-0.39, 0.29) is 17.7 Å². The second kappa shape index (κ2) is 3.58. The number of aryl methyl sites for hydroxylation is 1. The third-order valence-corrected chi connectivity index (χ3v) is 2.69. The van der Waals surface area contributed by atoms with Gasteiger partial charge in [0.25, 0.3) is 0 Å². The zero-order chi connectivity index (χ0) is 10.1. The van der Waals surface area contributed by atoms with Crippen molar-refractivity contribution in [1.82, 2.24) is 4.57 Å². The summed E-state index contributed by atoms with van der Waals surface area (Å²) >= 11 is 0. The lowest BCUT2D eigenvalue weighted by atomic mass is 10.0. The van der Waals surface area contributed by atoms with Gasteiger partial charge in [-0.1, -0.05) is 0 Å². The summed E-state index contributed by atoms with van der Waals surface area (Å²) in [4.78, 5) is 11.6. The number of ketones is 1. The second-order valence-corrected chi connectivity index (χ2v) is 4.17. The van der Waals surface area contributed by atoms with Gasteiger partial charge in [-0.15, -0.1) is 0 Å². The minimum absolute atomic E-state index is 0.244. The van der Waals surface area contributed by atoms with Crippen LogP contribution in [0.4, 0.5) is 0 Å². The summed E-state index contributed by atoms with van der Waals surface area (Å²) in [6.07, 6.45) is 6.75. The second-order valence-electron chi connectivity index (χ2n) is 4.17. The molecule has 0 aliphatic heterocycles. The highest BCUT2D eigenvalue weighted by atomic mass is 16.1. The van der Waals surface area contributed by atoms with Crippen LogP contribution in [0.5, 0.6) is 0 Å². The number of aromatic nitrogens is 1. The lowest BCUT2D eigenvalue weighted by Gasteiger charge is -2.07. The third kappa shape index (κ3) is 2.04. The summed E-state index contributed by atoms with van der Waals surface area (Å²) in [5.74, 6) is 0.516. The van der Waals surface area contributed by atoms with E-state index in [9.17, 15) is 4.79 Å². The van der Waals surface area contributed by atoms with Gasteiger partial charge >= 0.3 is 0 Å². The number of carbonyl (C=O) groups is 1. The summed E-state index contributed by atoms with van der Waals surface area (Å²) in [7, 11) is 1.97. The predicted molar refractivity (Wildman–Crippen MR) is 54.8 cm³/mol. The minimum atomic E-state index is -0.301. The smallest absolute Gasteiger partial charge is 0.152 e. The van der Waals surface area contributed by atoms with Gasteiger partial charge in [0, 0.05) is 25.4 Å². The summed E-state index contributed by atoms with van der Waals surface area (Å²) in [6, 6.07) is 1.71. The van der Waals surface area contributed by atoms with E-state index >= 15 is 0 Å². The van der Waals surface area contributed by atoms with Crippen molar-refractivity contribution in [3.05, 3.63) is 24.0 Å². The van der Waals surface area contributed by atoms with Crippen molar-refractivity contribution in [2.45, 2.75) is 25.3 Å². The fraction of sp³-hybridized carbons (Fsp3) is 0.545. The highest BCUT2D eigenvalue weighted by molar-refractivity contribution is 5.88. The quantitative estimate of drug-likeness (QED) is 0.769. The summed E-state index contributed by atoms with van der Waals surface area (Å²) in [5, 5.41) is 0. The maximum Gasteiger partial charge on any atom is 0.152 e. The Kier molecular flexibility index (Phi) is 2.42. The van der Waals surface area contributed by atoms with Crippen molar-refractivity contribution in [3.63, 3.8) is 0 Å². The predicted octanol–water partition coefficient (Wildman–Crippen LogP) is 0.874. The molecule has 1 aliphatic rings. The number of hydrogen-bond acceptors (Lipinski definition) is 2. The molecule has 1 aromatic heterocycles. The zero-order valence-corrected chi connectivity index (χ0v) is 8.44. The van der Waals surface area contributed by atoms with Crippen molar-refractivity contribution in [3.8, 4) is 0 Å². The van der Waals surface area contributed by atoms with Crippen LogP contribution in [-0.2, 0) is 18.3 Å². The average Bonchev–Trinajstić information content (AvgIpc) is 2.91. The number of carbonyl (C=O) groups excluding carboxylic acids is 1. The van der Waals surface area contributed by atoms with E-state index in [1.54, 1.807) is 0 Å². The Morgan fingerprint density at radius 3 is 2.93 bits per heavy atom. The van der Waals surface area contributed by atoms with E-state index < -0.39 is 0 Å². The average molecular weight is 192 g/mol. The van der Waals surface area contributed by atoms with E-state index in [1.165, 1.54) is 0 Å². The molecule has 0 aromatic carbocycles. The fourth-order valence-electron chi connectivity index (χ4n) is 1.71. The molecule has 1 fully saturated rings. The van der Waals surface area contributed by atoms with Crippen LogP contribution in [-0.4, -0.2) is 16.4 Å². The lowest BCUT2D eigenvalue weighted by Crippen LogP contribution is -2.33. The van der Waals surface area contributed by atoms with Crippen LogP contribution >= 0.6 is 0 Å². The first-order valence-electron chi connectivity index (χ1n) is 5.07. The Morgan fingerprint density at radius 1 is 1.71 bits per heavy atom. The van der Waals surface area contributed by atoms with Gasteiger partial charge in [0.05, 0.1) is 6.04 Å². The van der Waals surface area contributed by atoms with Crippen LogP contribution in [0.25, 0.3) is 0 Å². The Bertz CT molecular complexity index is 339. The monoisotopic (exact) mass is 192 g/mol. The first-order chi connectivity index (χ1) is 6.66.